The van der Waals surface area contributed by atoms with Gasteiger partial charge in [-0.2, -0.15) is 0 Å². The van der Waals surface area contributed by atoms with Crippen molar-refractivity contribution < 1.29 is 23.9 Å². The average molecular weight is 370 g/mol. The lowest BCUT2D eigenvalue weighted by atomic mass is 10.2. The highest BCUT2D eigenvalue weighted by molar-refractivity contribution is 5.95. The maximum absolute atomic E-state index is 12.1. The van der Waals surface area contributed by atoms with Gasteiger partial charge in [0.1, 0.15) is 11.5 Å². The minimum Gasteiger partial charge on any atom is -0.494 e. The van der Waals surface area contributed by atoms with Crippen LogP contribution in [-0.2, 0) is 4.79 Å². The lowest BCUT2D eigenvalue weighted by Gasteiger charge is -2.09. The van der Waals surface area contributed by atoms with Crippen LogP contribution in [0.3, 0.4) is 0 Å². The second-order valence-corrected chi connectivity index (χ2v) is 5.59. The zero-order valence-corrected chi connectivity index (χ0v) is 15.3. The van der Waals surface area contributed by atoms with Crippen LogP contribution in [0.1, 0.15) is 34.6 Å². The first-order valence-corrected chi connectivity index (χ1v) is 8.57. The number of carbonyl (C=O) groups is 3. The lowest BCUT2D eigenvalue weighted by Crippen LogP contribution is -2.34. The van der Waals surface area contributed by atoms with Crippen LogP contribution in [0.4, 0.5) is 0 Å². The Morgan fingerprint density at radius 3 is 2.07 bits per heavy atom. The van der Waals surface area contributed by atoms with Gasteiger partial charge in [-0.1, -0.05) is 6.07 Å². The van der Waals surface area contributed by atoms with E-state index in [0.29, 0.717) is 29.2 Å². The average Bonchev–Trinajstić information content (AvgIpc) is 2.65. The number of hydrogen-bond donors (Lipinski definition) is 2. The Morgan fingerprint density at radius 2 is 1.48 bits per heavy atom. The highest BCUT2D eigenvalue weighted by Gasteiger charge is 2.08. The van der Waals surface area contributed by atoms with Gasteiger partial charge in [-0.15, -0.1) is 0 Å². The van der Waals surface area contributed by atoms with E-state index in [9.17, 15) is 14.4 Å². The molecule has 0 aliphatic heterocycles. The van der Waals surface area contributed by atoms with Crippen LogP contribution in [0.15, 0.2) is 48.5 Å². The second-order valence-electron chi connectivity index (χ2n) is 5.59. The van der Waals surface area contributed by atoms with Crippen molar-refractivity contribution in [3.05, 3.63) is 59.7 Å². The predicted molar refractivity (Wildman–Crippen MR) is 100 cm³/mol. The molecule has 0 atom stereocenters. The summed E-state index contributed by atoms with van der Waals surface area (Å²) in [5.74, 6) is 0.00396. The monoisotopic (exact) mass is 370 g/mol. The van der Waals surface area contributed by atoms with Crippen LogP contribution in [-0.4, -0.2) is 37.5 Å². The minimum absolute atomic E-state index is 0.232. The van der Waals surface area contributed by atoms with Gasteiger partial charge in [-0.3, -0.25) is 14.4 Å². The molecule has 2 amide bonds. The molecule has 2 N–H and O–H groups in total. The molecule has 2 aromatic rings. The van der Waals surface area contributed by atoms with E-state index in [0.717, 1.165) is 0 Å². The van der Waals surface area contributed by atoms with E-state index in [4.69, 9.17) is 9.47 Å². The van der Waals surface area contributed by atoms with E-state index in [2.05, 4.69) is 10.6 Å². The lowest BCUT2D eigenvalue weighted by molar-refractivity contribution is -0.131. The number of hydrogen-bond acceptors (Lipinski definition) is 5. The van der Waals surface area contributed by atoms with Crippen molar-refractivity contribution in [2.75, 3.05) is 19.7 Å². The van der Waals surface area contributed by atoms with Gasteiger partial charge in [0.05, 0.1) is 6.61 Å². The van der Waals surface area contributed by atoms with Crippen LogP contribution < -0.4 is 20.1 Å². The van der Waals surface area contributed by atoms with Crippen molar-refractivity contribution in [2.45, 2.75) is 13.8 Å². The number of esters is 1. The zero-order chi connectivity index (χ0) is 19.6. The summed E-state index contributed by atoms with van der Waals surface area (Å²) in [7, 11) is 0. The van der Waals surface area contributed by atoms with Crippen molar-refractivity contribution in [1.82, 2.24) is 10.6 Å². The third-order valence-corrected chi connectivity index (χ3v) is 3.48. The molecule has 2 rings (SSSR count). The van der Waals surface area contributed by atoms with Gasteiger partial charge < -0.3 is 20.1 Å². The molecule has 0 aliphatic rings. The molecule has 0 heterocycles. The van der Waals surface area contributed by atoms with Crippen molar-refractivity contribution >= 4 is 17.8 Å². The van der Waals surface area contributed by atoms with Gasteiger partial charge in [0.25, 0.3) is 11.8 Å². The Labute approximate surface area is 157 Å². The summed E-state index contributed by atoms with van der Waals surface area (Å²) in [6.07, 6.45) is 0. The molecule has 27 heavy (non-hydrogen) atoms. The molecule has 0 aliphatic carbocycles. The summed E-state index contributed by atoms with van der Waals surface area (Å²) >= 11 is 0. The topological polar surface area (TPSA) is 93.7 Å². The summed E-state index contributed by atoms with van der Waals surface area (Å²) < 4.78 is 10.3. The molecule has 7 heteroatoms. The summed E-state index contributed by atoms with van der Waals surface area (Å²) in [5, 5.41) is 5.43. The first-order chi connectivity index (χ1) is 13.0. The maximum Gasteiger partial charge on any atom is 0.308 e. The minimum atomic E-state index is -0.454. The maximum atomic E-state index is 12.1. The molecule has 0 fully saturated rings. The molecule has 0 spiro atoms. The van der Waals surface area contributed by atoms with E-state index >= 15 is 0 Å². The van der Waals surface area contributed by atoms with Gasteiger partial charge >= 0.3 is 5.97 Å². The highest BCUT2D eigenvalue weighted by atomic mass is 16.5. The van der Waals surface area contributed by atoms with E-state index in [-0.39, 0.29) is 24.9 Å². The second kappa shape index (κ2) is 9.96. The van der Waals surface area contributed by atoms with Crippen molar-refractivity contribution in [1.29, 1.82) is 0 Å². The van der Waals surface area contributed by atoms with Gasteiger partial charge in [0.2, 0.25) is 0 Å². The molecule has 2 aromatic carbocycles. The van der Waals surface area contributed by atoms with E-state index in [1.165, 1.54) is 13.0 Å². The fourth-order valence-corrected chi connectivity index (χ4v) is 2.29. The zero-order valence-electron chi connectivity index (χ0n) is 15.3. The van der Waals surface area contributed by atoms with Gasteiger partial charge in [0.15, 0.2) is 0 Å². The van der Waals surface area contributed by atoms with Gasteiger partial charge in [0, 0.05) is 31.1 Å². The Kier molecular flexibility index (Phi) is 7.37. The Hall–Kier alpha value is -3.35. The highest BCUT2D eigenvalue weighted by Crippen LogP contribution is 2.13. The number of carbonyl (C=O) groups excluding carboxylic acids is 3. The van der Waals surface area contributed by atoms with Crippen molar-refractivity contribution in [3.8, 4) is 11.5 Å². The predicted octanol–water partition coefficient (Wildman–Crippen LogP) is 2.17. The van der Waals surface area contributed by atoms with Crippen LogP contribution in [0, 0.1) is 0 Å². The molecule has 142 valence electrons. The largest absolute Gasteiger partial charge is 0.494 e. The Bertz CT molecular complexity index is 802. The summed E-state index contributed by atoms with van der Waals surface area (Å²) in [4.78, 5) is 35.1. The quantitative estimate of drug-likeness (QED) is 0.422. The third-order valence-electron chi connectivity index (χ3n) is 3.48. The Balaban J connectivity index is 1.78. The molecular formula is C20H22N2O5. The van der Waals surface area contributed by atoms with Crippen molar-refractivity contribution in [2.24, 2.45) is 0 Å². The van der Waals surface area contributed by atoms with E-state index in [1.807, 2.05) is 6.92 Å². The number of ether oxygens (including phenoxy) is 2. The number of amides is 2. The summed E-state index contributed by atoms with van der Waals surface area (Å²) in [5.41, 5.74) is 0.880. The fraction of sp³-hybridized carbons (Fsp3) is 0.250. The van der Waals surface area contributed by atoms with Crippen LogP contribution in [0.2, 0.25) is 0 Å². The van der Waals surface area contributed by atoms with Crippen molar-refractivity contribution in [3.63, 3.8) is 0 Å². The molecule has 0 bridgehead atoms. The summed E-state index contributed by atoms with van der Waals surface area (Å²) in [6.45, 7) is 4.29. The van der Waals surface area contributed by atoms with Crippen LogP contribution in [0.25, 0.3) is 0 Å². The van der Waals surface area contributed by atoms with Crippen LogP contribution >= 0.6 is 0 Å². The normalized spacial score (nSPS) is 10.0. The smallest absolute Gasteiger partial charge is 0.308 e. The molecule has 0 saturated carbocycles. The fourth-order valence-electron chi connectivity index (χ4n) is 2.29. The summed E-state index contributed by atoms with van der Waals surface area (Å²) in [6, 6.07) is 13.1. The molecule has 7 nitrogen and oxygen atoms in total. The molecule has 0 aromatic heterocycles. The van der Waals surface area contributed by atoms with Gasteiger partial charge in [-0.25, -0.2) is 0 Å². The molecule has 0 saturated heterocycles. The third kappa shape index (κ3) is 6.47. The van der Waals surface area contributed by atoms with Gasteiger partial charge in [-0.05, 0) is 49.4 Å². The van der Waals surface area contributed by atoms with Crippen LogP contribution in [0.5, 0.6) is 11.5 Å². The molecule has 0 radical (unpaired) electrons. The van der Waals surface area contributed by atoms with E-state index in [1.54, 1.807) is 42.5 Å². The Morgan fingerprint density at radius 1 is 0.852 bits per heavy atom. The SMILES string of the molecule is CCOc1ccc(C(=O)NCCNC(=O)c2cccc(OC(C)=O)c2)cc1. The van der Waals surface area contributed by atoms with E-state index < -0.39 is 5.97 Å². The number of benzene rings is 2. The number of nitrogens with one attached hydrogen (secondary N) is 2. The first kappa shape index (κ1) is 20.0. The standard InChI is InChI=1S/C20H22N2O5/c1-3-26-17-9-7-15(8-10-17)19(24)21-11-12-22-20(25)16-5-4-6-18(13-16)27-14(2)23/h4-10,13H,3,11-12H2,1-2H3,(H,21,24)(H,22,25). The molecule has 0 unspecified atom stereocenters. The number of rotatable bonds is 8. The molecular weight excluding hydrogens is 348 g/mol. The first-order valence-electron chi connectivity index (χ1n) is 8.57.